The number of aromatic nitrogens is 5. The van der Waals surface area contributed by atoms with E-state index in [4.69, 9.17) is 9.72 Å². The third-order valence-corrected chi connectivity index (χ3v) is 6.38. The first-order chi connectivity index (χ1) is 17.1. The van der Waals surface area contributed by atoms with Crippen LogP contribution < -0.4 is 19.9 Å². The monoisotopic (exact) mass is 472 g/mol. The van der Waals surface area contributed by atoms with Crippen LogP contribution in [0.3, 0.4) is 0 Å². The lowest BCUT2D eigenvalue weighted by Crippen LogP contribution is -2.47. The molecular weight excluding hydrogens is 440 g/mol. The number of hydrogen-bond acceptors (Lipinski definition) is 8. The third-order valence-electron chi connectivity index (χ3n) is 6.38. The SMILES string of the molecule is COc1ccc(CCNc2ncnc3c2nc(N2CCN(c4ccccn4)CC2)n3C(C)C)cc1. The quantitative estimate of drug-likeness (QED) is 0.415. The molecule has 1 aliphatic heterocycles. The highest BCUT2D eigenvalue weighted by atomic mass is 16.5. The third kappa shape index (κ3) is 4.84. The Morgan fingerprint density at radius 2 is 1.71 bits per heavy atom. The van der Waals surface area contributed by atoms with Gasteiger partial charge in [-0.2, -0.15) is 0 Å². The molecule has 4 aromatic rings. The second-order valence-corrected chi connectivity index (χ2v) is 8.96. The Morgan fingerprint density at radius 1 is 0.943 bits per heavy atom. The molecule has 4 heterocycles. The second-order valence-electron chi connectivity index (χ2n) is 8.96. The van der Waals surface area contributed by atoms with Crippen LogP contribution in [0.1, 0.15) is 25.5 Å². The number of nitrogens with one attached hydrogen (secondary N) is 1. The fourth-order valence-electron chi connectivity index (χ4n) is 4.52. The number of imidazole rings is 1. The number of pyridine rings is 1. The van der Waals surface area contributed by atoms with E-state index < -0.39 is 0 Å². The van der Waals surface area contributed by atoms with Gasteiger partial charge in [0.05, 0.1) is 7.11 Å². The highest BCUT2D eigenvalue weighted by Crippen LogP contribution is 2.29. The summed E-state index contributed by atoms with van der Waals surface area (Å²) in [4.78, 5) is 23.4. The topological polar surface area (TPSA) is 84.2 Å². The molecule has 0 unspecified atom stereocenters. The van der Waals surface area contributed by atoms with E-state index in [0.29, 0.717) is 0 Å². The zero-order chi connectivity index (χ0) is 24.2. The highest BCUT2D eigenvalue weighted by molar-refractivity contribution is 5.85. The lowest BCUT2D eigenvalue weighted by Gasteiger charge is -2.36. The summed E-state index contributed by atoms with van der Waals surface area (Å²) >= 11 is 0. The van der Waals surface area contributed by atoms with Crippen molar-refractivity contribution in [3.8, 4) is 5.75 Å². The van der Waals surface area contributed by atoms with Gasteiger partial charge in [-0.05, 0) is 50.1 Å². The minimum absolute atomic E-state index is 0.228. The molecule has 0 spiro atoms. The molecule has 1 saturated heterocycles. The molecule has 1 N–H and O–H groups in total. The van der Waals surface area contributed by atoms with E-state index in [0.717, 1.165) is 73.6 Å². The summed E-state index contributed by atoms with van der Waals surface area (Å²) in [6.45, 7) is 8.65. The molecule has 0 radical (unpaired) electrons. The molecule has 9 heteroatoms. The van der Waals surface area contributed by atoms with Crippen molar-refractivity contribution in [1.29, 1.82) is 0 Å². The number of ether oxygens (including phenoxy) is 1. The summed E-state index contributed by atoms with van der Waals surface area (Å²) in [5.74, 6) is 3.62. The van der Waals surface area contributed by atoms with Crippen molar-refractivity contribution in [1.82, 2.24) is 24.5 Å². The Kier molecular flexibility index (Phi) is 6.65. The zero-order valence-corrected chi connectivity index (χ0v) is 20.6. The van der Waals surface area contributed by atoms with Crippen molar-refractivity contribution in [2.75, 3.05) is 55.0 Å². The van der Waals surface area contributed by atoms with Crippen LogP contribution in [0.25, 0.3) is 11.2 Å². The molecule has 9 nitrogen and oxygen atoms in total. The predicted molar refractivity (Wildman–Crippen MR) is 140 cm³/mol. The summed E-state index contributed by atoms with van der Waals surface area (Å²) in [5.41, 5.74) is 2.92. The average Bonchev–Trinajstić information content (AvgIpc) is 3.31. The predicted octanol–water partition coefficient (Wildman–Crippen LogP) is 3.79. The standard InChI is InChI=1S/C26H32N8O/c1-19(2)34-25-23(24(29-18-30-25)28-13-11-20-7-9-21(35-3)10-8-20)31-26(34)33-16-14-32(15-17-33)22-6-4-5-12-27-22/h4-10,12,18-19H,11,13-17H2,1-3H3,(H,28,29,30). The molecular formula is C26H32N8O. The summed E-state index contributed by atoms with van der Waals surface area (Å²) in [5, 5.41) is 3.48. The van der Waals surface area contributed by atoms with Gasteiger partial charge >= 0.3 is 0 Å². The first-order valence-corrected chi connectivity index (χ1v) is 12.1. The molecule has 5 rings (SSSR count). The lowest BCUT2D eigenvalue weighted by atomic mass is 10.1. The Morgan fingerprint density at radius 3 is 2.40 bits per heavy atom. The molecule has 1 aromatic carbocycles. The van der Waals surface area contributed by atoms with Gasteiger partial charge in [0.1, 0.15) is 17.9 Å². The number of rotatable bonds is 8. The van der Waals surface area contributed by atoms with Gasteiger partial charge in [-0.1, -0.05) is 18.2 Å². The van der Waals surface area contributed by atoms with Gasteiger partial charge in [0.2, 0.25) is 5.95 Å². The fourth-order valence-corrected chi connectivity index (χ4v) is 4.52. The minimum Gasteiger partial charge on any atom is -0.497 e. The second kappa shape index (κ2) is 10.2. The average molecular weight is 473 g/mol. The molecule has 3 aromatic heterocycles. The van der Waals surface area contributed by atoms with Crippen LogP contribution in [-0.4, -0.2) is 64.3 Å². The Bertz CT molecular complexity index is 1250. The maximum atomic E-state index is 5.25. The van der Waals surface area contributed by atoms with E-state index in [1.807, 2.05) is 30.5 Å². The van der Waals surface area contributed by atoms with Gasteiger partial charge < -0.3 is 19.9 Å². The Labute approximate surface area is 205 Å². The van der Waals surface area contributed by atoms with E-state index in [9.17, 15) is 0 Å². The van der Waals surface area contributed by atoms with Crippen molar-refractivity contribution in [3.63, 3.8) is 0 Å². The normalized spacial score (nSPS) is 14.1. The number of piperazine rings is 1. The van der Waals surface area contributed by atoms with Gasteiger partial charge in [0, 0.05) is 45.0 Å². The number of nitrogens with zero attached hydrogens (tertiary/aromatic N) is 7. The van der Waals surface area contributed by atoms with Crippen LogP contribution in [0, 0.1) is 0 Å². The van der Waals surface area contributed by atoms with Gasteiger partial charge in [-0.3, -0.25) is 4.57 Å². The van der Waals surface area contributed by atoms with Crippen LogP contribution in [0.4, 0.5) is 17.6 Å². The maximum absolute atomic E-state index is 5.25. The number of fused-ring (bicyclic) bond motifs is 1. The van der Waals surface area contributed by atoms with Gasteiger partial charge in [-0.25, -0.2) is 19.9 Å². The largest absolute Gasteiger partial charge is 0.497 e. The number of anilines is 3. The Hall–Kier alpha value is -3.88. The van der Waals surface area contributed by atoms with Crippen LogP contribution in [0.2, 0.25) is 0 Å². The van der Waals surface area contributed by atoms with Crippen molar-refractivity contribution >= 4 is 28.7 Å². The summed E-state index contributed by atoms with van der Waals surface area (Å²) in [6, 6.07) is 14.4. The van der Waals surface area contributed by atoms with Crippen LogP contribution in [0.5, 0.6) is 5.75 Å². The molecule has 0 bridgehead atoms. The van der Waals surface area contributed by atoms with Gasteiger partial charge in [0.25, 0.3) is 0 Å². The van der Waals surface area contributed by atoms with Gasteiger partial charge in [0.15, 0.2) is 17.0 Å². The molecule has 0 aliphatic carbocycles. The fraction of sp³-hybridized carbons (Fsp3) is 0.385. The van der Waals surface area contributed by atoms with E-state index in [1.54, 1.807) is 13.4 Å². The molecule has 0 atom stereocenters. The first kappa shape index (κ1) is 22.9. The number of hydrogen-bond donors (Lipinski definition) is 1. The summed E-state index contributed by atoms with van der Waals surface area (Å²) in [6.07, 6.45) is 4.35. The molecule has 0 amide bonds. The van der Waals surface area contributed by atoms with E-state index in [-0.39, 0.29) is 6.04 Å². The maximum Gasteiger partial charge on any atom is 0.208 e. The van der Waals surface area contributed by atoms with Crippen molar-refractivity contribution in [2.45, 2.75) is 26.3 Å². The van der Waals surface area contributed by atoms with Crippen LogP contribution in [0.15, 0.2) is 55.0 Å². The lowest BCUT2D eigenvalue weighted by molar-refractivity contribution is 0.414. The van der Waals surface area contributed by atoms with Crippen LogP contribution in [-0.2, 0) is 6.42 Å². The van der Waals surface area contributed by atoms with E-state index in [2.05, 4.69) is 66.7 Å². The van der Waals surface area contributed by atoms with E-state index >= 15 is 0 Å². The molecule has 35 heavy (non-hydrogen) atoms. The minimum atomic E-state index is 0.228. The number of methoxy groups -OCH3 is 1. The Balaban J connectivity index is 1.33. The first-order valence-electron chi connectivity index (χ1n) is 12.1. The zero-order valence-electron chi connectivity index (χ0n) is 20.6. The van der Waals surface area contributed by atoms with Crippen LogP contribution >= 0.6 is 0 Å². The molecule has 0 saturated carbocycles. The van der Waals surface area contributed by atoms with E-state index in [1.165, 1.54) is 5.56 Å². The van der Waals surface area contributed by atoms with Crippen molar-refractivity contribution in [3.05, 3.63) is 60.6 Å². The summed E-state index contributed by atoms with van der Waals surface area (Å²) in [7, 11) is 1.68. The highest BCUT2D eigenvalue weighted by Gasteiger charge is 2.25. The smallest absolute Gasteiger partial charge is 0.208 e. The van der Waals surface area contributed by atoms with Gasteiger partial charge in [-0.15, -0.1) is 0 Å². The van der Waals surface area contributed by atoms with Crippen molar-refractivity contribution < 1.29 is 4.74 Å². The van der Waals surface area contributed by atoms with Crippen molar-refractivity contribution in [2.24, 2.45) is 0 Å². The molecule has 1 aliphatic rings. The molecule has 182 valence electrons. The molecule has 1 fully saturated rings. The summed E-state index contributed by atoms with van der Waals surface area (Å²) < 4.78 is 7.47. The number of benzene rings is 1.